The molecule has 92 valence electrons. The first kappa shape index (κ1) is 10.5. The van der Waals surface area contributed by atoms with Gasteiger partial charge in [-0.3, -0.25) is 5.32 Å². The number of ether oxygens (including phenoxy) is 1. The van der Waals surface area contributed by atoms with Crippen LogP contribution in [0.3, 0.4) is 0 Å². The largest absolute Gasteiger partial charge is 0.494 e. The average Bonchev–Trinajstić information content (AvgIpc) is 2.97. The zero-order valence-corrected chi connectivity index (χ0v) is 9.18. The standard InChI is InChI=1S/C10H7FN4O3/c1-16-7-3-8-6(2-5(7)11)13-9(18-8)14-10-15-12-4-17-10/h2-4H,1H3,(H,13,14,15). The monoisotopic (exact) mass is 250 g/mol. The van der Waals surface area contributed by atoms with Gasteiger partial charge in [-0.05, 0) is 0 Å². The molecule has 3 rings (SSSR count). The maximum absolute atomic E-state index is 13.4. The van der Waals surface area contributed by atoms with Gasteiger partial charge in [-0.2, -0.15) is 4.98 Å². The van der Waals surface area contributed by atoms with Crippen molar-refractivity contribution >= 4 is 23.1 Å². The Balaban J connectivity index is 2.00. The molecule has 2 aromatic heterocycles. The summed E-state index contributed by atoms with van der Waals surface area (Å²) in [7, 11) is 1.37. The molecule has 0 unspecified atom stereocenters. The fourth-order valence-corrected chi connectivity index (χ4v) is 1.46. The van der Waals surface area contributed by atoms with Crippen molar-refractivity contribution in [2.45, 2.75) is 0 Å². The van der Waals surface area contributed by atoms with Crippen molar-refractivity contribution in [2.75, 3.05) is 12.4 Å². The van der Waals surface area contributed by atoms with E-state index in [4.69, 9.17) is 13.6 Å². The number of anilines is 2. The van der Waals surface area contributed by atoms with Gasteiger partial charge < -0.3 is 13.6 Å². The van der Waals surface area contributed by atoms with Gasteiger partial charge in [-0.15, -0.1) is 5.10 Å². The molecule has 0 fully saturated rings. The summed E-state index contributed by atoms with van der Waals surface area (Å²) in [5, 5.41) is 9.74. The van der Waals surface area contributed by atoms with Crippen molar-refractivity contribution in [1.82, 2.24) is 15.2 Å². The van der Waals surface area contributed by atoms with Crippen LogP contribution >= 0.6 is 0 Å². The summed E-state index contributed by atoms with van der Waals surface area (Å²) in [5.41, 5.74) is 0.741. The molecule has 0 amide bonds. The van der Waals surface area contributed by atoms with E-state index in [1.54, 1.807) is 0 Å². The van der Waals surface area contributed by atoms with E-state index in [2.05, 4.69) is 20.5 Å². The van der Waals surface area contributed by atoms with Crippen LogP contribution in [0.2, 0.25) is 0 Å². The Bertz CT molecular complexity index is 680. The molecule has 2 heterocycles. The molecule has 8 heteroatoms. The first-order valence-electron chi connectivity index (χ1n) is 4.93. The Labute approximate surface area is 99.6 Å². The second-order valence-electron chi connectivity index (χ2n) is 3.34. The summed E-state index contributed by atoms with van der Waals surface area (Å²) in [6.45, 7) is 0. The minimum atomic E-state index is -0.511. The molecule has 0 atom stereocenters. The molecule has 0 saturated carbocycles. The summed E-state index contributed by atoms with van der Waals surface area (Å²) in [6.07, 6.45) is 1.16. The van der Waals surface area contributed by atoms with Gasteiger partial charge in [-0.1, -0.05) is 5.10 Å². The lowest BCUT2D eigenvalue weighted by atomic mass is 10.3. The number of nitrogens with zero attached hydrogens (tertiary/aromatic N) is 3. The highest BCUT2D eigenvalue weighted by Gasteiger charge is 2.12. The fourth-order valence-electron chi connectivity index (χ4n) is 1.46. The van der Waals surface area contributed by atoms with E-state index in [1.807, 2.05) is 0 Å². The normalized spacial score (nSPS) is 10.8. The first-order valence-corrected chi connectivity index (χ1v) is 4.93. The van der Waals surface area contributed by atoms with Gasteiger partial charge >= 0.3 is 12.0 Å². The molecule has 0 aliphatic rings. The summed E-state index contributed by atoms with van der Waals surface area (Å²) in [6, 6.07) is 2.89. The van der Waals surface area contributed by atoms with Crippen LogP contribution in [-0.4, -0.2) is 22.3 Å². The van der Waals surface area contributed by atoms with Gasteiger partial charge in [0.05, 0.1) is 7.11 Å². The van der Waals surface area contributed by atoms with Crippen LogP contribution in [0, 0.1) is 5.82 Å². The van der Waals surface area contributed by atoms with E-state index in [0.717, 1.165) is 6.39 Å². The van der Waals surface area contributed by atoms with E-state index >= 15 is 0 Å². The Morgan fingerprint density at radius 3 is 2.94 bits per heavy atom. The van der Waals surface area contributed by atoms with Crippen LogP contribution in [0.15, 0.2) is 27.4 Å². The van der Waals surface area contributed by atoms with Gasteiger partial charge in [0.2, 0.25) is 6.39 Å². The summed E-state index contributed by atoms with van der Waals surface area (Å²) in [5.74, 6) is -0.425. The third-order valence-electron chi connectivity index (χ3n) is 2.24. The zero-order valence-electron chi connectivity index (χ0n) is 9.18. The second kappa shape index (κ2) is 3.99. The van der Waals surface area contributed by atoms with E-state index in [9.17, 15) is 4.39 Å². The van der Waals surface area contributed by atoms with Crippen molar-refractivity contribution in [3.8, 4) is 5.75 Å². The molecule has 0 radical (unpaired) electrons. The van der Waals surface area contributed by atoms with Crippen molar-refractivity contribution < 1.29 is 18.0 Å². The van der Waals surface area contributed by atoms with Crippen LogP contribution in [0.1, 0.15) is 0 Å². The molecular formula is C10H7FN4O3. The second-order valence-corrected chi connectivity index (χ2v) is 3.34. The van der Waals surface area contributed by atoms with Crippen molar-refractivity contribution in [3.63, 3.8) is 0 Å². The van der Waals surface area contributed by atoms with Crippen LogP contribution < -0.4 is 10.1 Å². The van der Waals surface area contributed by atoms with Crippen LogP contribution in [0.4, 0.5) is 16.4 Å². The van der Waals surface area contributed by atoms with Gasteiger partial charge in [0, 0.05) is 12.1 Å². The lowest BCUT2D eigenvalue weighted by Crippen LogP contribution is -1.89. The Hall–Kier alpha value is -2.64. The number of rotatable bonds is 3. The van der Waals surface area contributed by atoms with Gasteiger partial charge in [0.25, 0.3) is 0 Å². The molecule has 0 spiro atoms. The smallest absolute Gasteiger partial charge is 0.323 e. The maximum Gasteiger partial charge on any atom is 0.323 e. The quantitative estimate of drug-likeness (QED) is 0.761. The Morgan fingerprint density at radius 1 is 1.33 bits per heavy atom. The highest BCUT2D eigenvalue weighted by molar-refractivity contribution is 5.76. The Kier molecular flexibility index (Phi) is 2.33. The number of aromatic nitrogens is 3. The Morgan fingerprint density at radius 2 is 2.22 bits per heavy atom. The number of halogens is 1. The number of oxazole rings is 1. The zero-order chi connectivity index (χ0) is 12.5. The molecule has 18 heavy (non-hydrogen) atoms. The van der Waals surface area contributed by atoms with E-state index in [1.165, 1.54) is 19.2 Å². The fraction of sp³-hybridized carbons (Fsp3) is 0.100. The number of nitrogens with one attached hydrogen (secondary N) is 1. The van der Waals surface area contributed by atoms with Crippen LogP contribution in [0.5, 0.6) is 5.75 Å². The van der Waals surface area contributed by atoms with Crippen LogP contribution in [0.25, 0.3) is 11.1 Å². The molecule has 1 N–H and O–H groups in total. The molecule has 0 aliphatic heterocycles. The van der Waals surface area contributed by atoms with Gasteiger partial charge in [-0.25, -0.2) is 4.39 Å². The van der Waals surface area contributed by atoms with E-state index < -0.39 is 5.82 Å². The minimum absolute atomic E-state index is 0.0861. The summed E-state index contributed by atoms with van der Waals surface area (Å²) >= 11 is 0. The predicted molar refractivity (Wildman–Crippen MR) is 58.1 cm³/mol. The molecule has 0 aliphatic carbocycles. The van der Waals surface area contributed by atoms with Crippen molar-refractivity contribution in [2.24, 2.45) is 0 Å². The van der Waals surface area contributed by atoms with Gasteiger partial charge in [0.15, 0.2) is 17.1 Å². The van der Waals surface area contributed by atoms with Crippen molar-refractivity contribution in [3.05, 3.63) is 24.3 Å². The lowest BCUT2D eigenvalue weighted by molar-refractivity contribution is 0.386. The molecule has 3 aromatic rings. The highest BCUT2D eigenvalue weighted by Crippen LogP contribution is 2.27. The predicted octanol–water partition coefficient (Wildman–Crippen LogP) is 2.10. The van der Waals surface area contributed by atoms with Crippen LogP contribution in [-0.2, 0) is 0 Å². The molecule has 1 aromatic carbocycles. The topological polar surface area (TPSA) is 86.2 Å². The number of hydrogen-bond donors (Lipinski definition) is 1. The number of fused-ring (bicyclic) bond motifs is 1. The molecular weight excluding hydrogens is 243 g/mol. The maximum atomic E-state index is 13.4. The SMILES string of the molecule is COc1cc2oc(Nc3nnco3)nc2cc1F. The molecule has 7 nitrogen and oxygen atoms in total. The summed E-state index contributed by atoms with van der Waals surface area (Å²) in [4.78, 5) is 4.02. The summed E-state index contributed by atoms with van der Waals surface area (Å²) < 4.78 is 28.5. The van der Waals surface area contributed by atoms with Crippen molar-refractivity contribution in [1.29, 1.82) is 0 Å². The molecule has 0 bridgehead atoms. The third-order valence-corrected chi connectivity index (χ3v) is 2.24. The number of hydrogen-bond acceptors (Lipinski definition) is 7. The highest BCUT2D eigenvalue weighted by atomic mass is 19.1. The average molecular weight is 250 g/mol. The van der Waals surface area contributed by atoms with E-state index in [-0.39, 0.29) is 17.8 Å². The van der Waals surface area contributed by atoms with Gasteiger partial charge in [0.1, 0.15) is 5.52 Å². The lowest BCUT2D eigenvalue weighted by Gasteiger charge is -1.98. The number of benzene rings is 1. The molecule has 0 saturated heterocycles. The minimum Gasteiger partial charge on any atom is -0.494 e. The first-order chi connectivity index (χ1) is 8.76. The third kappa shape index (κ3) is 1.73. The van der Waals surface area contributed by atoms with E-state index in [0.29, 0.717) is 11.1 Å². The number of methoxy groups -OCH3 is 1.